The molecule has 1 atom stereocenters. The van der Waals surface area contributed by atoms with Gasteiger partial charge in [-0.15, -0.1) is 0 Å². The highest BCUT2D eigenvalue weighted by Crippen LogP contribution is 2.42. The topological polar surface area (TPSA) is 95.4 Å². The molecular weight excluding hydrogens is 418 g/mol. The molecule has 0 fully saturated rings. The summed E-state index contributed by atoms with van der Waals surface area (Å²) in [4.78, 5) is 20.2. The zero-order chi connectivity index (χ0) is 22.9. The molecule has 5 rings (SSSR count). The predicted molar refractivity (Wildman–Crippen MR) is 125 cm³/mol. The smallest absolute Gasteiger partial charge is 0.270 e. The Kier molecular flexibility index (Phi) is 5.18. The van der Waals surface area contributed by atoms with Gasteiger partial charge in [-0.05, 0) is 36.2 Å². The summed E-state index contributed by atoms with van der Waals surface area (Å²) in [6, 6.07) is 18.2. The van der Waals surface area contributed by atoms with E-state index in [2.05, 4.69) is 4.98 Å². The summed E-state index contributed by atoms with van der Waals surface area (Å²) < 4.78 is 7.24. The van der Waals surface area contributed by atoms with Gasteiger partial charge in [-0.3, -0.25) is 15.1 Å². The average molecular weight is 439 g/mol. The van der Waals surface area contributed by atoms with Gasteiger partial charge in [-0.1, -0.05) is 30.3 Å². The second-order valence-electron chi connectivity index (χ2n) is 7.83. The number of methoxy groups -OCH3 is 1. The molecule has 0 saturated heterocycles. The molecule has 33 heavy (non-hydrogen) atoms. The van der Waals surface area contributed by atoms with Gasteiger partial charge in [0.15, 0.2) is 5.82 Å². The normalized spacial score (nSPS) is 15.0. The summed E-state index contributed by atoms with van der Waals surface area (Å²) in [5.74, 6) is 1.49. The second kappa shape index (κ2) is 8.31. The van der Waals surface area contributed by atoms with E-state index in [1.54, 1.807) is 25.4 Å². The van der Waals surface area contributed by atoms with Crippen molar-refractivity contribution in [3.8, 4) is 16.9 Å². The lowest BCUT2D eigenvalue weighted by atomic mass is 9.96. The molecule has 1 aliphatic heterocycles. The number of aryl methyl sites for hydroxylation is 1. The fraction of sp³-hybridized carbons (Fsp3) is 0.160. The van der Waals surface area contributed by atoms with Gasteiger partial charge in [0.25, 0.3) is 5.69 Å². The molecule has 8 heteroatoms. The lowest BCUT2D eigenvalue weighted by Gasteiger charge is -2.25. The molecule has 164 valence electrons. The van der Waals surface area contributed by atoms with Crippen molar-refractivity contribution in [3.63, 3.8) is 0 Å². The zero-order valence-corrected chi connectivity index (χ0v) is 18.2. The van der Waals surface area contributed by atoms with E-state index in [0.29, 0.717) is 6.42 Å². The van der Waals surface area contributed by atoms with E-state index in [1.165, 1.54) is 6.07 Å². The average Bonchev–Trinajstić information content (AvgIpc) is 3.19. The summed E-state index contributed by atoms with van der Waals surface area (Å²) in [5, 5.41) is 16.2. The number of benzene rings is 2. The second-order valence-corrected chi connectivity index (χ2v) is 7.83. The summed E-state index contributed by atoms with van der Waals surface area (Å²) in [6.45, 7) is 1.97. The van der Waals surface area contributed by atoms with Crippen molar-refractivity contribution < 1.29 is 9.66 Å². The Labute approximate surface area is 190 Å². The Balaban J connectivity index is 1.70. The van der Waals surface area contributed by atoms with Crippen LogP contribution < -0.4 is 4.74 Å². The number of aliphatic imine (C=N–C) groups is 1. The monoisotopic (exact) mass is 439 g/mol. The van der Waals surface area contributed by atoms with Crippen LogP contribution in [0.2, 0.25) is 0 Å². The maximum absolute atomic E-state index is 11.3. The summed E-state index contributed by atoms with van der Waals surface area (Å²) >= 11 is 0. The molecule has 0 amide bonds. The summed E-state index contributed by atoms with van der Waals surface area (Å²) in [7, 11) is 1.64. The van der Waals surface area contributed by atoms with Crippen molar-refractivity contribution in [1.29, 1.82) is 0 Å². The Hall–Kier alpha value is -4.33. The van der Waals surface area contributed by atoms with Gasteiger partial charge >= 0.3 is 0 Å². The molecule has 3 heterocycles. The number of non-ortho nitro benzene ring substituents is 1. The lowest BCUT2D eigenvalue weighted by molar-refractivity contribution is -0.384. The summed E-state index contributed by atoms with van der Waals surface area (Å²) in [5.41, 5.74) is 5.29. The SMILES string of the molecule is COc1ccc(-c2c(C)nn3c2N=C(c2cccc([N+](=O)[O-])c2)C[C@H]3c2cccnc2)cc1. The highest BCUT2D eigenvalue weighted by molar-refractivity contribution is 6.04. The van der Waals surface area contributed by atoms with Crippen LogP contribution in [0.4, 0.5) is 11.5 Å². The first-order valence-corrected chi connectivity index (χ1v) is 10.5. The molecule has 0 spiro atoms. The summed E-state index contributed by atoms with van der Waals surface area (Å²) in [6.07, 6.45) is 4.11. The van der Waals surface area contributed by atoms with Gasteiger partial charge in [0.2, 0.25) is 0 Å². The number of nitrogens with zero attached hydrogens (tertiary/aromatic N) is 5. The van der Waals surface area contributed by atoms with Crippen LogP contribution in [0.1, 0.15) is 29.3 Å². The van der Waals surface area contributed by atoms with Crippen LogP contribution in [0.3, 0.4) is 0 Å². The molecule has 0 aliphatic carbocycles. The van der Waals surface area contributed by atoms with E-state index < -0.39 is 0 Å². The van der Waals surface area contributed by atoms with Crippen molar-refractivity contribution >= 4 is 17.2 Å². The first-order valence-electron chi connectivity index (χ1n) is 10.5. The number of pyridine rings is 1. The third kappa shape index (κ3) is 3.76. The van der Waals surface area contributed by atoms with Crippen molar-refractivity contribution in [2.45, 2.75) is 19.4 Å². The fourth-order valence-electron chi connectivity index (χ4n) is 4.21. The van der Waals surface area contributed by atoms with Gasteiger partial charge in [0.05, 0.1) is 29.5 Å². The van der Waals surface area contributed by atoms with E-state index >= 15 is 0 Å². The number of rotatable bonds is 5. The van der Waals surface area contributed by atoms with E-state index in [0.717, 1.165) is 45.2 Å². The van der Waals surface area contributed by atoms with E-state index in [4.69, 9.17) is 14.8 Å². The van der Waals surface area contributed by atoms with Crippen LogP contribution >= 0.6 is 0 Å². The number of fused-ring (bicyclic) bond motifs is 1. The maximum atomic E-state index is 11.3. The van der Waals surface area contributed by atoms with E-state index in [1.807, 2.05) is 60.3 Å². The van der Waals surface area contributed by atoms with E-state index in [-0.39, 0.29) is 16.7 Å². The fourth-order valence-corrected chi connectivity index (χ4v) is 4.21. The number of ether oxygens (including phenoxy) is 1. The Bertz CT molecular complexity index is 1360. The van der Waals surface area contributed by atoms with Gasteiger partial charge in [-0.2, -0.15) is 5.10 Å². The number of nitro groups is 1. The third-order valence-corrected chi connectivity index (χ3v) is 5.82. The minimum atomic E-state index is -0.386. The number of nitro benzene ring substituents is 1. The Morgan fingerprint density at radius 1 is 1.09 bits per heavy atom. The standard InChI is InChI=1S/C25H21N5O3/c1-16-24(17-8-10-21(33-2)11-9-17)25-27-22(18-5-3-7-20(13-18)30(31)32)14-23(29(25)28-16)19-6-4-12-26-15-19/h3-13,15,23H,14H2,1-2H3/t23-/m0/s1. The molecule has 0 bridgehead atoms. The van der Waals surface area contributed by atoms with Crippen molar-refractivity contribution in [3.05, 3.63) is 100.0 Å². The first kappa shape index (κ1) is 20.6. The highest BCUT2D eigenvalue weighted by Gasteiger charge is 2.30. The molecule has 1 aliphatic rings. The van der Waals surface area contributed by atoms with Crippen LogP contribution in [-0.2, 0) is 0 Å². The quantitative estimate of drug-likeness (QED) is 0.311. The van der Waals surface area contributed by atoms with E-state index in [9.17, 15) is 10.1 Å². The molecule has 0 saturated carbocycles. The minimum Gasteiger partial charge on any atom is -0.497 e. The van der Waals surface area contributed by atoms with Gasteiger partial charge < -0.3 is 4.74 Å². The number of aromatic nitrogens is 3. The predicted octanol–water partition coefficient (Wildman–Crippen LogP) is 5.28. The van der Waals surface area contributed by atoms with Gasteiger partial charge in [0.1, 0.15) is 5.75 Å². The third-order valence-electron chi connectivity index (χ3n) is 5.82. The largest absolute Gasteiger partial charge is 0.497 e. The minimum absolute atomic E-state index is 0.0405. The molecule has 2 aromatic carbocycles. The number of hydrogen-bond donors (Lipinski definition) is 0. The van der Waals surface area contributed by atoms with Gasteiger partial charge in [-0.25, -0.2) is 9.67 Å². The van der Waals surface area contributed by atoms with Crippen molar-refractivity contribution in [2.75, 3.05) is 7.11 Å². The maximum Gasteiger partial charge on any atom is 0.270 e. The lowest BCUT2D eigenvalue weighted by Crippen LogP contribution is -2.21. The number of hydrogen-bond acceptors (Lipinski definition) is 6. The molecule has 4 aromatic rings. The molecule has 0 radical (unpaired) electrons. The Morgan fingerprint density at radius 3 is 2.61 bits per heavy atom. The van der Waals surface area contributed by atoms with Crippen LogP contribution in [0.25, 0.3) is 11.1 Å². The van der Waals surface area contributed by atoms with Gasteiger partial charge in [0, 0.05) is 42.1 Å². The molecule has 0 N–H and O–H groups in total. The molecular formula is C25H21N5O3. The van der Waals surface area contributed by atoms with Crippen LogP contribution in [0, 0.1) is 17.0 Å². The van der Waals surface area contributed by atoms with Crippen molar-refractivity contribution in [1.82, 2.24) is 14.8 Å². The van der Waals surface area contributed by atoms with Crippen molar-refractivity contribution in [2.24, 2.45) is 4.99 Å². The molecule has 2 aromatic heterocycles. The molecule has 0 unspecified atom stereocenters. The van der Waals surface area contributed by atoms with Crippen LogP contribution in [0.5, 0.6) is 5.75 Å². The Morgan fingerprint density at radius 2 is 1.91 bits per heavy atom. The highest BCUT2D eigenvalue weighted by atomic mass is 16.6. The van der Waals surface area contributed by atoms with Crippen LogP contribution in [-0.4, -0.2) is 32.5 Å². The zero-order valence-electron chi connectivity index (χ0n) is 18.2. The molecule has 8 nitrogen and oxygen atoms in total. The first-order chi connectivity index (χ1) is 16.0. The van der Waals surface area contributed by atoms with Crippen LogP contribution in [0.15, 0.2) is 78.0 Å².